The molecule has 0 bridgehead atoms. The number of halogens is 1. The van der Waals surface area contributed by atoms with Gasteiger partial charge in [-0.1, -0.05) is 42.0 Å². The molecule has 0 aliphatic carbocycles. The number of benzene rings is 2. The van der Waals surface area contributed by atoms with Crippen molar-refractivity contribution in [1.82, 2.24) is 14.8 Å². The third-order valence-corrected chi connectivity index (χ3v) is 6.53. The molecule has 0 saturated carbocycles. The van der Waals surface area contributed by atoms with E-state index in [1.54, 1.807) is 17.0 Å². The van der Waals surface area contributed by atoms with E-state index in [4.69, 9.17) is 0 Å². The van der Waals surface area contributed by atoms with Crippen LogP contribution in [-0.2, 0) is 22.4 Å². The first kappa shape index (κ1) is 23.1. The topological polar surface area (TPSA) is 65.5 Å². The lowest BCUT2D eigenvalue weighted by Crippen LogP contribution is -2.50. The molecule has 0 unspecified atom stereocenters. The maximum absolute atomic E-state index is 13.0. The van der Waals surface area contributed by atoms with Crippen molar-refractivity contribution >= 4 is 28.3 Å². The van der Waals surface area contributed by atoms with Gasteiger partial charge >= 0.3 is 0 Å². The minimum absolute atomic E-state index is 0.0228. The van der Waals surface area contributed by atoms with Gasteiger partial charge in [-0.05, 0) is 30.2 Å². The number of aryl methyl sites for hydroxylation is 1. The molecule has 33 heavy (non-hydrogen) atoms. The highest BCUT2D eigenvalue weighted by Gasteiger charge is 2.22. The summed E-state index contributed by atoms with van der Waals surface area (Å²) in [6.45, 7) is 4.77. The fourth-order valence-electron chi connectivity index (χ4n) is 3.88. The molecular formula is C25H27FN4O2S. The molecule has 2 heterocycles. The molecule has 6 nitrogen and oxygen atoms in total. The van der Waals surface area contributed by atoms with Crippen LogP contribution in [0.1, 0.15) is 21.6 Å². The molecule has 1 N–H and O–H groups in total. The molecule has 0 spiro atoms. The molecular weight excluding hydrogens is 439 g/mol. The zero-order chi connectivity index (χ0) is 23.2. The minimum atomic E-state index is -0.307. The molecule has 1 aliphatic heterocycles. The Morgan fingerprint density at radius 2 is 1.82 bits per heavy atom. The molecule has 172 valence electrons. The fraction of sp³-hybridized carbons (Fsp3) is 0.320. The summed E-state index contributed by atoms with van der Waals surface area (Å²) in [5, 5.41) is 3.50. The van der Waals surface area contributed by atoms with Gasteiger partial charge in [0.1, 0.15) is 5.82 Å². The third kappa shape index (κ3) is 6.69. The molecule has 8 heteroatoms. The monoisotopic (exact) mass is 466 g/mol. The van der Waals surface area contributed by atoms with E-state index >= 15 is 0 Å². The van der Waals surface area contributed by atoms with Crippen molar-refractivity contribution in [2.24, 2.45) is 0 Å². The Hall–Kier alpha value is -3.10. The normalized spacial score (nSPS) is 14.3. The summed E-state index contributed by atoms with van der Waals surface area (Å²) >= 11 is 1.49. The van der Waals surface area contributed by atoms with Gasteiger partial charge in [-0.3, -0.25) is 14.5 Å². The second-order valence-corrected chi connectivity index (χ2v) is 9.42. The third-order valence-electron chi connectivity index (χ3n) is 5.62. The van der Waals surface area contributed by atoms with Gasteiger partial charge in [0, 0.05) is 43.7 Å². The molecule has 2 amide bonds. The number of carbonyl (C=O) groups excluding carboxylic acids is 2. The molecule has 1 saturated heterocycles. The molecule has 1 aromatic heterocycles. The Morgan fingerprint density at radius 1 is 1.06 bits per heavy atom. The number of amides is 2. The van der Waals surface area contributed by atoms with E-state index in [1.807, 2.05) is 17.2 Å². The first-order valence-corrected chi connectivity index (χ1v) is 11.8. The van der Waals surface area contributed by atoms with Crippen molar-refractivity contribution in [3.05, 3.63) is 82.1 Å². The summed E-state index contributed by atoms with van der Waals surface area (Å²) in [7, 11) is 0. The summed E-state index contributed by atoms with van der Waals surface area (Å²) in [5.41, 5.74) is 3.25. The van der Waals surface area contributed by atoms with Crippen molar-refractivity contribution in [2.45, 2.75) is 19.8 Å². The van der Waals surface area contributed by atoms with Gasteiger partial charge in [0.2, 0.25) is 11.8 Å². The van der Waals surface area contributed by atoms with Crippen molar-refractivity contribution in [3.8, 4) is 0 Å². The largest absolute Gasteiger partial charge is 0.340 e. The van der Waals surface area contributed by atoms with Crippen LogP contribution >= 0.6 is 11.3 Å². The van der Waals surface area contributed by atoms with Crippen molar-refractivity contribution in [2.75, 3.05) is 38.0 Å². The van der Waals surface area contributed by atoms with Crippen LogP contribution in [0, 0.1) is 12.7 Å². The second-order valence-electron chi connectivity index (χ2n) is 8.31. The van der Waals surface area contributed by atoms with E-state index in [2.05, 4.69) is 35.4 Å². The van der Waals surface area contributed by atoms with Gasteiger partial charge in [0.25, 0.3) is 0 Å². The quantitative estimate of drug-likeness (QED) is 0.579. The van der Waals surface area contributed by atoms with Crippen LogP contribution in [0.25, 0.3) is 0 Å². The highest BCUT2D eigenvalue weighted by Crippen LogP contribution is 2.21. The lowest BCUT2D eigenvalue weighted by atomic mass is 10.1. The fourth-order valence-corrected chi connectivity index (χ4v) is 4.74. The standard InChI is InChI=1S/C25H27FN4O2S/c1-18-3-2-4-20(13-18)14-22-16-27-25(33-22)28-23(31)17-29-9-11-30(12-10-29)24(32)15-19-5-7-21(26)8-6-19/h2-8,13,16H,9-12,14-15,17H2,1H3,(H,27,28,31). The zero-order valence-corrected chi connectivity index (χ0v) is 19.4. The van der Waals surface area contributed by atoms with Gasteiger partial charge in [-0.25, -0.2) is 9.37 Å². The second kappa shape index (κ2) is 10.7. The maximum Gasteiger partial charge on any atom is 0.240 e. The Balaban J connectivity index is 1.20. The Morgan fingerprint density at radius 3 is 2.55 bits per heavy atom. The highest BCUT2D eigenvalue weighted by molar-refractivity contribution is 7.15. The van der Waals surface area contributed by atoms with E-state index in [9.17, 15) is 14.0 Å². The number of anilines is 1. The van der Waals surface area contributed by atoms with Crippen LogP contribution in [0.5, 0.6) is 0 Å². The van der Waals surface area contributed by atoms with Crippen LogP contribution in [-0.4, -0.2) is 59.3 Å². The summed E-state index contributed by atoms with van der Waals surface area (Å²) in [6.07, 6.45) is 2.87. The van der Waals surface area contributed by atoms with Gasteiger partial charge < -0.3 is 10.2 Å². The highest BCUT2D eigenvalue weighted by atomic mass is 32.1. The lowest BCUT2D eigenvalue weighted by molar-refractivity contribution is -0.132. The predicted molar refractivity (Wildman–Crippen MR) is 128 cm³/mol. The van der Waals surface area contributed by atoms with E-state index < -0.39 is 0 Å². The first-order valence-electron chi connectivity index (χ1n) is 11.0. The minimum Gasteiger partial charge on any atom is -0.340 e. The van der Waals surface area contributed by atoms with Crippen LogP contribution in [0.4, 0.5) is 9.52 Å². The van der Waals surface area contributed by atoms with Crippen LogP contribution < -0.4 is 5.32 Å². The van der Waals surface area contributed by atoms with Crippen LogP contribution in [0.15, 0.2) is 54.7 Å². The number of nitrogens with one attached hydrogen (secondary N) is 1. The summed E-state index contributed by atoms with van der Waals surface area (Å²) < 4.78 is 13.0. The number of thiazole rings is 1. The van der Waals surface area contributed by atoms with Gasteiger partial charge in [0.15, 0.2) is 5.13 Å². The van der Waals surface area contributed by atoms with Gasteiger partial charge in [-0.15, -0.1) is 11.3 Å². The first-order chi connectivity index (χ1) is 15.9. The van der Waals surface area contributed by atoms with Crippen molar-refractivity contribution in [3.63, 3.8) is 0 Å². The molecule has 0 atom stereocenters. The molecule has 1 aliphatic rings. The van der Waals surface area contributed by atoms with Gasteiger partial charge in [-0.2, -0.15) is 0 Å². The summed E-state index contributed by atoms with van der Waals surface area (Å²) in [5.74, 6) is -0.384. The number of piperazine rings is 1. The maximum atomic E-state index is 13.0. The van der Waals surface area contributed by atoms with E-state index in [1.165, 1.54) is 34.6 Å². The number of hydrogen-bond donors (Lipinski definition) is 1. The van der Waals surface area contributed by atoms with Crippen LogP contribution in [0.2, 0.25) is 0 Å². The number of nitrogens with zero attached hydrogens (tertiary/aromatic N) is 3. The Bertz CT molecular complexity index is 1110. The summed E-state index contributed by atoms with van der Waals surface area (Å²) in [6, 6.07) is 14.4. The predicted octanol–water partition coefficient (Wildman–Crippen LogP) is 3.51. The van der Waals surface area contributed by atoms with Crippen molar-refractivity contribution < 1.29 is 14.0 Å². The molecule has 3 aromatic rings. The number of rotatable bonds is 7. The molecule has 2 aromatic carbocycles. The average molecular weight is 467 g/mol. The molecule has 4 rings (SSSR count). The zero-order valence-electron chi connectivity index (χ0n) is 18.6. The SMILES string of the molecule is Cc1cccc(Cc2cnc(NC(=O)CN3CCN(C(=O)Cc4ccc(F)cc4)CC3)s2)c1. The van der Waals surface area contributed by atoms with Crippen molar-refractivity contribution in [1.29, 1.82) is 0 Å². The Labute approximate surface area is 197 Å². The molecule has 0 radical (unpaired) electrons. The summed E-state index contributed by atoms with van der Waals surface area (Å²) in [4.78, 5) is 34.3. The average Bonchev–Trinajstić information content (AvgIpc) is 3.22. The van der Waals surface area contributed by atoms with E-state index in [-0.39, 0.29) is 30.6 Å². The van der Waals surface area contributed by atoms with Crippen LogP contribution in [0.3, 0.4) is 0 Å². The Kier molecular flexibility index (Phi) is 7.47. The number of carbonyl (C=O) groups is 2. The van der Waals surface area contributed by atoms with Gasteiger partial charge in [0.05, 0.1) is 13.0 Å². The number of aromatic nitrogens is 1. The van der Waals surface area contributed by atoms with E-state index in [0.29, 0.717) is 31.3 Å². The smallest absolute Gasteiger partial charge is 0.240 e. The number of hydrogen-bond acceptors (Lipinski definition) is 5. The van der Waals surface area contributed by atoms with E-state index in [0.717, 1.165) is 16.9 Å². The lowest BCUT2D eigenvalue weighted by Gasteiger charge is -2.34. The molecule has 1 fully saturated rings.